The first-order valence-electron chi connectivity index (χ1n) is 7.78. The van der Waals surface area contributed by atoms with Crippen molar-refractivity contribution in [1.29, 1.82) is 0 Å². The second-order valence-electron chi connectivity index (χ2n) is 5.64. The van der Waals surface area contributed by atoms with Crippen molar-refractivity contribution in [3.63, 3.8) is 0 Å². The van der Waals surface area contributed by atoms with Crippen LogP contribution in [0.5, 0.6) is 0 Å². The van der Waals surface area contributed by atoms with Gasteiger partial charge in [-0.15, -0.1) is 0 Å². The third-order valence-electron chi connectivity index (χ3n) is 4.42. The van der Waals surface area contributed by atoms with Crippen LogP contribution in [-0.4, -0.2) is 36.3 Å². The van der Waals surface area contributed by atoms with Crippen molar-refractivity contribution < 1.29 is 5.11 Å². The molecule has 112 valence electrons. The van der Waals surface area contributed by atoms with Crippen LogP contribution in [0.15, 0.2) is 30.5 Å². The minimum absolute atomic E-state index is 0.244. The first-order chi connectivity index (χ1) is 10.3. The van der Waals surface area contributed by atoms with E-state index in [-0.39, 0.29) is 6.61 Å². The number of aliphatic hydroxyl groups is 1. The van der Waals surface area contributed by atoms with Gasteiger partial charge in [0.15, 0.2) is 0 Å². The third-order valence-corrected chi connectivity index (χ3v) is 4.42. The summed E-state index contributed by atoms with van der Waals surface area (Å²) in [5.41, 5.74) is 1.13. The van der Waals surface area contributed by atoms with Crippen LogP contribution >= 0.6 is 0 Å². The molecular formula is C17H23N3O. The summed E-state index contributed by atoms with van der Waals surface area (Å²) in [6.07, 6.45) is 6.30. The summed E-state index contributed by atoms with van der Waals surface area (Å²) in [5.74, 6) is 1.06. The fourth-order valence-electron chi connectivity index (χ4n) is 3.37. The number of anilines is 2. The largest absolute Gasteiger partial charge is 0.396 e. The Kier molecular flexibility index (Phi) is 4.25. The average molecular weight is 285 g/mol. The van der Waals surface area contributed by atoms with E-state index in [9.17, 15) is 5.11 Å². The molecule has 2 aromatic rings. The molecule has 1 unspecified atom stereocenters. The van der Waals surface area contributed by atoms with Crippen molar-refractivity contribution in [2.75, 3.05) is 30.4 Å². The van der Waals surface area contributed by atoms with Gasteiger partial charge in [0.05, 0.1) is 0 Å². The van der Waals surface area contributed by atoms with Crippen LogP contribution in [0.3, 0.4) is 0 Å². The summed E-state index contributed by atoms with van der Waals surface area (Å²) in [6, 6.07) is 8.77. The van der Waals surface area contributed by atoms with Gasteiger partial charge in [-0.05, 0) is 37.8 Å². The Morgan fingerprint density at radius 2 is 2.19 bits per heavy atom. The average Bonchev–Trinajstić information content (AvgIpc) is 2.54. The van der Waals surface area contributed by atoms with Crippen LogP contribution in [-0.2, 0) is 0 Å². The topological polar surface area (TPSA) is 48.4 Å². The highest BCUT2D eigenvalue weighted by atomic mass is 16.3. The van der Waals surface area contributed by atoms with E-state index in [1.165, 1.54) is 23.6 Å². The predicted molar refractivity (Wildman–Crippen MR) is 88.0 cm³/mol. The maximum absolute atomic E-state index is 9.32. The Morgan fingerprint density at radius 3 is 3.00 bits per heavy atom. The zero-order valence-corrected chi connectivity index (χ0v) is 12.5. The minimum Gasteiger partial charge on any atom is -0.396 e. The molecule has 1 aromatic carbocycles. The summed E-state index contributed by atoms with van der Waals surface area (Å²) in [5, 5.41) is 15.0. The van der Waals surface area contributed by atoms with Crippen molar-refractivity contribution in [2.24, 2.45) is 0 Å². The van der Waals surface area contributed by atoms with Crippen molar-refractivity contribution in [3.8, 4) is 0 Å². The summed E-state index contributed by atoms with van der Waals surface area (Å²) in [7, 11) is 1.95. The smallest absolute Gasteiger partial charge is 0.136 e. The van der Waals surface area contributed by atoms with Gasteiger partial charge in [0, 0.05) is 48.9 Å². The monoisotopic (exact) mass is 285 g/mol. The zero-order chi connectivity index (χ0) is 14.7. The number of nitrogens with one attached hydrogen (secondary N) is 1. The maximum atomic E-state index is 9.32. The van der Waals surface area contributed by atoms with E-state index in [0.29, 0.717) is 6.04 Å². The van der Waals surface area contributed by atoms with Crippen molar-refractivity contribution >= 4 is 22.3 Å². The molecule has 0 aliphatic carbocycles. The van der Waals surface area contributed by atoms with E-state index < -0.39 is 0 Å². The molecule has 3 rings (SSSR count). The van der Waals surface area contributed by atoms with E-state index in [4.69, 9.17) is 0 Å². The van der Waals surface area contributed by atoms with Crippen LogP contribution in [0.1, 0.15) is 25.7 Å². The minimum atomic E-state index is 0.244. The van der Waals surface area contributed by atoms with Crippen LogP contribution in [0.2, 0.25) is 0 Å². The number of aromatic nitrogens is 1. The molecule has 0 spiro atoms. The Bertz CT molecular complexity index is 612. The van der Waals surface area contributed by atoms with Gasteiger partial charge in [-0.2, -0.15) is 0 Å². The van der Waals surface area contributed by atoms with Gasteiger partial charge in [0.1, 0.15) is 5.82 Å². The number of hydrogen-bond donors (Lipinski definition) is 2. The molecule has 0 saturated carbocycles. The lowest BCUT2D eigenvalue weighted by molar-refractivity contribution is 0.262. The molecule has 0 bridgehead atoms. The Labute approximate surface area is 125 Å². The molecule has 1 atom stereocenters. The molecule has 21 heavy (non-hydrogen) atoms. The van der Waals surface area contributed by atoms with Gasteiger partial charge in [-0.3, -0.25) is 0 Å². The highest BCUT2D eigenvalue weighted by molar-refractivity contribution is 6.00. The van der Waals surface area contributed by atoms with E-state index >= 15 is 0 Å². The van der Waals surface area contributed by atoms with E-state index in [1.54, 1.807) is 0 Å². The Morgan fingerprint density at radius 1 is 1.29 bits per heavy atom. The first kappa shape index (κ1) is 14.1. The van der Waals surface area contributed by atoms with Crippen molar-refractivity contribution in [3.05, 3.63) is 30.5 Å². The molecule has 1 aliphatic rings. The second kappa shape index (κ2) is 6.31. The molecule has 4 heteroatoms. The molecule has 1 saturated heterocycles. The Hall–Kier alpha value is -1.81. The SMILES string of the molecule is CNc1cccc2c(N3CCCCC3CCO)nccc12. The molecule has 1 aromatic heterocycles. The summed E-state index contributed by atoms with van der Waals surface area (Å²) >= 11 is 0. The van der Waals surface area contributed by atoms with Crippen molar-refractivity contribution in [1.82, 2.24) is 4.98 Å². The number of piperidine rings is 1. The second-order valence-corrected chi connectivity index (χ2v) is 5.64. The highest BCUT2D eigenvalue weighted by Gasteiger charge is 2.24. The van der Waals surface area contributed by atoms with Crippen LogP contribution in [0.25, 0.3) is 10.8 Å². The molecule has 2 N–H and O–H groups in total. The number of nitrogens with zero attached hydrogens (tertiary/aromatic N) is 2. The number of benzene rings is 1. The Balaban J connectivity index is 2.06. The molecule has 4 nitrogen and oxygen atoms in total. The molecule has 0 amide bonds. The maximum Gasteiger partial charge on any atom is 0.136 e. The standard InChI is InChI=1S/C17H23N3O/c1-18-16-7-4-6-15-14(16)8-10-19-17(15)20-11-3-2-5-13(20)9-12-21/h4,6-8,10,13,18,21H,2-3,5,9,11-12H2,1H3. The number of pyridine rings is 1. The first-order valence-corrected chi connectivity index (χ1v) is 7.78. The number of hydrogen-bond acceptors (Lipinski definition) is 4. The lowest BCUT2D eigenvalue weighted by Gasteiger charge is -2.37. The number of rotatable bonds is 4. The summed E-state index contributed by atoms with van der Waals surface area (Å²) in [6.45, 7) is 1.27. The molecular weight excluding hydrogens is 262 g/mol. The fraction of sp³-hybridized carbons (Fsp3) is 0.471. The number of fused-ring (bicyclic) bond motifs is 1. The van der Waals surface area contributed by atoms with Gasteiger partial charge in [0.25, 0.3) is 0 Å². The van der Waals surface area contributed by atoms with Crippen LogP contribution in [0.4, 0.5) is 11.5 Å². The summed E-state index contributed by atoms with van der Waals surface area (Å²) in [4.78, 5) is 7.05. The molecule has 2 heterocycles. The van der Waals surface area contributed by atoms with E-state index in [1.807, 2.05) is 13.2 Å². The normalized spacial score (nSPS) is 19.0. The van der Waals surface area contributed by atoms with Gasteiger partial charge >= 0.3 is 0 Å². The van der Waals surface area contributed by atoms with Crippen LogP contribution < -0.4 is 10.2 Å². The lowest BCUT2D eigenvalue weighted by atomic mass is 9.98. The molecule has 1 fully saturated rings. The van der Waals surface area contributed by atoms with E-state index in [0.717, 1.165) is 30.9 Å². The molecule has 0 radical (unpaired) electrons. The summed E-state index contributed by atoms with van der Waals surface area (Å²) < 4.78 is 0. The van der Waals surface area contributed by atoms with Crippen LogP contribution in [0, 0.1) is 0 Å². The quantitative estimate of drug-likeness (QED) is 0.906. The predicted octanol–water partition coefficient (Wildman–Crippen LogP) is 3.02. The number of aliphatic hydroxyl groups excluding tert-OH is 1. The van der Waals surface area contributed by atoms with E-state index in [2.05, 4.69) is 39.5 Å². The zero-order valence-electron chi connectivity index (χ0n) is 12.5. The van der Waals surface area contributed by atoms with Gasteiger partial charge in [-0.1, -0.05) is 12.1 Å². The third kappa shape index (κ3) is 2.68. The lowest BCUT2D eigenvalue weighted by Crippen LogP contribution is -2.40. The van der Waals surface area contributed by atoms with Gasteiger partial charge in [-0.25, -0.2) is 4.98 Å². The fourth-order valence-corrected chi connectivity index (χ4v) is 3.37. The van der Waals surface area contributed by atoms with Crippen molar-refractivity contribution in [2.45, 2.75) is 31.7 Å². The van der Waals surface area contributed by atoms with Gasteiger partial charge in [0.2, 0.25) is 0 Å². The highest BCUT2D eigenvalue weighted by Crippen LogP contribution is 2.33. The molecule has 1 aliphatic heterocycles. The van der Waals surface area contributed by atoms with Gasteiger partial charge < -0.3 is 15.3 Å².